The summed E-state index contributed by atoms with van der Waals surface area (Å²) < 4.78 is 1.87. The fourth-order valence-corrected chi connectivity index (χ4v) is 3.98. The van der Waals surface area contributed by atoms with Crippen LogP contribution in [0.2, 0.25) is 0 Å². The highest BCUT2D eigenvalue weighted by Gasteiger charge is 2.40. The second kappa shape index (κ2) is 7.24. The molecule has 4 rings (SSSR count). The van der Waals surface area contributed by atoms with Gasteiger partial charge in [0.2, 0.25) is 0 Å². The number of amides is 1. The maximum atomic E-state index is 13.1. The van der Waals surface area contributed by atoms with E-state index in [1.165, 1.54) is 0 Å². The van der Waals surface area contributed by atoms with E-state index < -0.39 is 5.60 Å². The van der Waals surface area contributed by atoms with Gasteiger partial charge < -0.3 is 10.0 Å². The molecule has 2 heterocycles. The molecule has 0 spiro atoms. The Morgan fingerprint density at radius 1 is 1.18 bits per heavy atom. The first-order valence-electron chi connectivity index (χ1n) is 9.71. The van der Waals surface area contributed by atoms with Crippen molar-refractivity contribution < 1.29 is 9.90 Å². The fourth-order valence-electron chi connectivity index (χ4n) is 3.98. The van der Waals surface area contributed by atoms with Crippen LogP contribution >= 0.6 is 0 Å². The van der Waals surface area contributed by atoms with Crippen molar-refractivity contribution in [1.29, 1.82) is 0 Å². The third-order valence-corrected chi connectivity index (χ3v) is 5.58. The lowest BCUT2D eigenvalue weighted by Gasteiger charge is -2.25. The van der Waals surface area contributed by atoms with Gasteiger partial charge in [-0.15, -0.1) is 0 Å². The first-order chi connectivity index (χ1) is 13.5. The Morgan fingerprint density at radius 3 is 2.75 bits per heavy atom. The van der Waals surface area contributed by atoms with E-state index in [1.54, 1.807) is 4.90 Å². The van der Waals surface area contributed by atoms with Crippen molar-refractivity contribution in [3.8, 4) is 11.1 Å². The average molecular weight is 375 g/mol. The summed E-state index contributed by atoms with van der Waals surface area (Å²) >= 11 is 0. The molecule has 1 amide bonds. The summed E-state index contributed by atoms with van der Waals surface area (Å²) in [5, 5.41) is 15.5. The molecule has 1 unspecified atom stereocenters. The van der Waals surface area contributed by atoms with Crippen molar-refractivity contribution in [2.24, 2.45) is 0 Å². The summed E-state index contributed by atoms with van der Waals surface area (Å²) in [5.74, 6) is -0.0470. The van der Waals surface area contributed by atoms with Crippen LogP contribution in [0.25, 0.3) is 11.1 Å². The Bertz CT molecular complexity index is 1010. The number of nitrogens with zero attached hydrogens (tertiary/aromatic N) is 3. The van der Waals surface area contributed by atoms with Gasteiger partial charge in [-0.1, -0.05) is 36.4 Å². The molecule has 0 radical (unpaired) electrons. The van der Waals surface area contributed by atoms with E-state index in [0.717, 1.165) is 28.8 Å². The predicted molar refractivity (Wildman–Crippen MR) is 109 cm³/mol. The minimum atomic E-state index is -0.985. The van der Waals surface area contributed by atoms with Crippen molar-refractivity contribution in [2.75, 3.05) is 13.1 Å². The Kier molecular flexibility index (Phi) is 4.77. The van der Waals surface area contributed by atoms with E-state index in [1.807, 2.05) is 79.5 Å². The molecule has 144 valence electrons. The van der Waals surface area contributed by atoms with Gasteiger partial charge in [-0.25, -0.2) is 0 Å². The topological polar surface area (TPSA) is 58.4 Å². The molecule has 1 N–H and O–H groups in total. The first-order valence-corrected chi connectivity index (χ1v) is 9.71. The smallest absolute Gasteiger partial charge is 0.253 e. The number of likely N-dealkylation sites (tertiary alicyclic amines) is 1. The number of carbonyl (C=O) groups excluding carboxylic acids is 1. The van der Waals surface area contributed by atoms with Crippen LogP contribution in [-0.4, -0.2) is 38.8 Å². The zero-order valence-electron chi connectivity index (χ0n) is 16.3. The molecule has 5 nitrogen and oxygen atoms in total. The van der Waals surface area contributed by atoms with Crippen molar-refractivity contribution >= 4 is 5.91 Å². The van der Waals surface area contributed by atoms with Crippen molar-refractivity contribution in [3.63, 3.8) is 0 Å². The molecule has 1 aliphatic heterocycles. The van der Waals surface area contributed by atoms with Crippen molar-refractivity contribution in [1.82, 2.24) is 14.7 Å². The SMILES string of the molecule is CCn1cc(-c2cccc(C(=O)N3CCC(O)(c4ccccc4C)C3)c2)cn1. The summed E-state index contributed by atoms with van der Waals surface area (Å²) in [6.07, 6.45) is 4.35. The minimum Gasteiger partial charge on any atom is -0.383 e. The molecule has 0 bridgehead atoms. The van der Waals surface area contributed by atoms with E-state index >= 15 is 0 Å². The van der Waals surface area contributed by atoms with Gasteiger partial charge in [0.15, 0.2) is 0 Å². The number of aliphatic hydroxyl groups is 1. The Morgan fingerprint density at radius 2 is 2.00 bits per heavy atom. The minimum absolute atomic E-state index is 0.0470. The lowest BCUT2D eigenvalue weighted by atomic mass is 9.89. The zero-order valence-corrected chi connectivity index (χ0v) is 16.3. The van der Waals surface area contributed by atoms with E-state index in [-0.39, 0.29) is 5.91 Å². The highest BCUT2D eigenvalue weighted by Crippen LogP contribution is 2.34. The van der Waals surface area contributed by atoms with Gasteiger partial charge in [0, 0.05) is 30.4 Å². The van der Waals surface area contributed by atoms with E-state index in [0.29, 0.717) is 25.1 Å². The van der Waals surface area contributed by atoms with Crippen LogP contribution in [0, 0.1) is 6.92 Å². The Balaban J connectivity index is 1.56. The highest BCUT2D eigenvalue weighted by atomic mass is 16.3. The molecule has 0 aliphatic carbocycles. The van der Waals surface area contributed by atoms with E-state index in [4.69, 9.17) is 0 Å². The zero-order chi connectivity index (χ0) is 19.7. The second-order valence-electron chi connectivity index (χ2n) is 7.49. The third kappa shape index (κ3) is 3.34. The standard InChI is InChI=1S/C23H25N3O2/c1-3-26-15-20(14-24-26)18-8-6-9-19(13-18)22(27)25-12-11-23(28,16-25)21-10-5-4-7-17(21)2/h4-10,13-15,28H,3,11-12,16H2,1-2H3. The highest BCUT2D eigenvalue weighted by molar-refractivity contribution is 5.95. The van der Waals surface area contributed by atoms with Gasteiger partial charge in [-0.05, 0) is 49.1 Å². The maximum absolute atomic E-state index is 13.1. The summed E-state index contributed by atoms with van der Waals surface area (Å²) in [6, 6.07) is 15.5. The maximum Gasteiger partial charge on any atom is 0.253 e. The van der Waals surface area contributed by atoms with Crippen LogP contribution in [-0.2, 0) is 12.1 Å². The van der Waals surface area contributed by atoms with Gasteiger partial charge in [0.25, 0.3) is 5.91 Å². The third-order valence-electron chi connectivity index (χ3n) is 5.58. The second-order valence-corrected chi connectivity index (χ2v) is 7.49. The molecule has 1 aliphatic rings. The molecular weight excluding hydrogens is 350 g/mol. The first kappa shape index (κ1) is 18.4. The van der Waals surface area contributed by atoms with E-state index in [9.17, 15) is 9.90 Å². The summed E-state index contributed by atoms with van der Waals surface area (Å²) in [4.78, 5) is 14.8. The molecule has 5 heteroatoms. The number of aromatic nitrogens is 2. The predicted octanol–water partition coefficient (Wildman–Crippen LogP) is 3.61. The van der Waals surface area contributed by atoms with Crippen LogP contribution < -0.4 is 0 Å². The number of β-amino-alcohol motifs (C(OH)–C–C–N with tert-alkyl or cyclic N) is 1. The molecule has 0 saturated carbocycles. The quantitative estimate of drug-likeness (QED) is 0.758. The van der Waals surface area contributed by atoms with Crippen LogP contribution in [0.5, 0.6) is 0 Å². The van der Waals surface area contributed by atoms with Gasteiger partial charge in [0.05, 0.1) is 12.7 Å². The number of hydrogen-bond donors (Lipinski definition) is 1. The Hall–Kier alpha value is -2.92. The molecule has 1 fully saturated rings. The molecule has 1 saturated heterocycles. The number of aryl methyl sites for hydroxylation is 2. The largest absolute Gasteiger partial charge is 0.383 e. The monoisotopic (exact) mass is 375 g/mol. The van der Waals surface area contributed by atoms with Gasteiger partial charge in [-0.3, -0.25) is 9.48 Å². The van der Waals surface area contributed by atoms with Crippen LogP contribution in [0.1, 0.15) is 34.8 Å². The number of benzene rings is 2. The number of rotatable bonds is 4. The van der Waals surface area contributed by atoms with Gasteiger partial charge in [0.1, 0.15) is 5.60 Å². The van der Waals surface area contributed by atoms with Gasteiger partial charge in [-0.2, -0.15) is 5.10 Å². The molecule has 2 aromatic carbocycles. The van der Waals surface area contributed by atoms with Crippen LogP contribution in [0.15, 0.2) is 60.9 Å². The summed E-state index contributed by atoms with van der Waals surface area (Å²) in [7, 11) is 0. The van der Waals surface area contributed by atoms with Gasteiger partial charge >= 0.3 is 0 Å². The number of hydrogen-bond acceptors (Lipinski definition) is 3. The molecule has 1 atom stereocenters. The lowest BCUT2D eigenvalue weighted by molar-refractivity contribution is 0.0412. The summed E-state index contributed by atoms with van der Waals surface area (Å²) in [6.45, 7) is 5.71. The van der Waals surface area contributed by atoms with Crippen LogP contribution in [0.3, 0.4) is 0 Å². The number of carbonyl (C=O) groups is 1. The Labute approximate surface area is 165 Å². The van der Waals surface area contributed by atoms with Crippen molar-refractivity contribution in [2.45, 2.75) is 32.4 Å². The normalized spacial score (nSPS) is 19.2. The molecular formula is C23H25N3O2. The van der Waals surface area contributed by atoms with Crippen LogP contribution in [0.4, 0.5) is 0 Å². The van der Waals surface area contributed by atoms with Crippen molar-refractivity contribution in [3.05, 3.63) is 77.6 Å². The summed E-state index contributed by atoms with van der Waals surface area (Å²) in [5.41, 5.74) is 3.57. The molecule has 3 aromatic rings. The fraction of sp³-hybridized carbons (Fsp3) is 0.304. The molecule has 28 heavy (non-hydrogen) atoms. The van der Waals surface area contributed by atoms with E-state index in [2.05, 4.69) is 5.10 Å². The molecule has 1 aromatic heterocycles. The lowest BCUT2D eigenvalue weighted by Crippen LogP contribution is -2.34. The average Bonchev–Trinajstić information content (AvgIpc) is 3.35.